The number of halogens is 4. The highest BCUT2D eigenvalue weighted by Gasteiger charge is 2.31. The molecule has 1 aromatic heterocycles. The Hall–Kier alpha value is -2.72. The summed E-state index contributed by atoms with van der Waals surface area (Å²) < 4.78 is 43.3. The Morgan fingerprint density at radius 2 is 2.12 bits per heavy atom. The van der Waals surface area contributed by atoms with Crippen LogP contribution in [0.25, 0.3) is 11.6 Å². The Balaban J connectivity index is 2.45. The van der Waals surface area contributed by atoms with E-state index in [0.29, 0.717) is 18.4 Å². The molecule has 1 N–H and O–H groups in total. The quantitative estimate of drug-likeness (QED) is 0.778. The Morgan fingerprint density at radius 1 is 1.40 bits per heavy atom. The van der Waals surface area contributed by atoms with Crippen molar-refractivity contribution >= 4 is 23.3 Å². The molecule has 8 heteroatoms. The minimum Gasteiger partial charge on any atom is -0.504 e. The average molecular weight is 369 g/mol. The third kappa shape index (κ3) is 4.43. The zero-order valence-corrected chi connectivity index (χ0v) is 13.7. The van der Waals surface area contributed by atoms with E-state index in [2.05, 4.69) is 4.98 Å². The van der Waals surface area contributed by atoms with Gasteiger partial charge < -0.3 is 9.84 Å². The molecule has 0 bridgehead atoms. The molecule has 0 aliphatic carbocycles. The highest BCUT2D eigenvalue weighted by molar-refractivity contribution is 6.32. The molecule has 0 saturated carbocycles. The summed E-state index contributed by atoms with van der Waals surface area (Å²) in [4.78, 5) is 3.66. The van der Waals surface area contributed by atoms with Crippen LogP contribution in [0, 0.1) is 11.3 Å². The van der Waals surface area contributed by atoms with Crippen molar-refractivity contribution in [3.63, 3.8) is 0 Å². The SMILES string of the molecule is CCOc1cc(/C=C(\C#N)c2ncc(C(F)(F)F)cc2Cl)ccc1O. The van der Waals surface area contributed by atoms with Crippen molar-refractivity contribution in [2.45, 2.75) is 13.1 Å². The van der Waals surface area contributed by atoms with Gasteiger partial charge in [0.25, 0.3) is 0 Å². The third-order valence-corrected chi connectivity index (χ3v) is 3.43. The summed E-state index contributed by atoms with van der Waals surface area (Å²) in [6.45, 7) is 2.08. The topological polar surface area (TPSA) is 66.1 Å². The van der Waals surface area contributed by atoms with Crippen LogP contribution in [-0.4, -0.2) is 16.7 Å². The Bertz CT molecular complexity index is 858. The van der Waals surface area contributed by atoms with Gasteiger partial charge in [-0.1, -0.05) is 17.7 Å². The van der Waals surface area contributed by atoms with Gasteiger partial charge in [0.2, 0.25) is 0 Å². The summed E-state index contributed by atoms with van der Waals surface area (Å²) in [5, 5.41) is 18.7. The van der Waals surface area contributed by atoms with Crippen molar-refractivity contribution in [3.8, 4) is 17.6 Å². The fourth-order valence-corrected chi connectivity index (χ4v) is 2.27. The number of allylic oxidation sites excluding steroid dienone is 1. The number of rotatable bonds is 4. The molecule has 0 radical (unpaired) electrons. The first kappa shape index (κ1) is 18.6. The molecule has 2 rings (SSSR count). The van der Waals surface area contributed by atoms with Gasteiger partial charge in [0.1, 0.15) is 6.07 Å². The maximum atomic E-state index is 12.7. The van der Waals surface area contributed by atoms with E-state index in [1.165, 1.54) is 24.3 Å². The second kappa shape index (κ2) is 7.45. The smallest absolute Gasteiger partial charge is 0.417 e. The third-order valence-electron chi connectivity index (χ3n) is 3.14. The molecule has 25 heavy (non-hydrogen) atoms. The predicted molar refractivity (Wildman–Crippen MR) is 87.0 cm³/mol. The number of hydrogen-bond donors (Lipinski definition) is 1. The van der Waals surface area contributed by atoms with Crippen LogP contribution >= 0.6 is 11.6 Å². The number of phenols is 1. The van der Waals surface area contributed by atoms with Gasteiger partial charge in [0, 0.05) is 6.20 Å². The number of phenolic OH excluding ortho intramolecular Hbond substituents is 1. The van der Waals surface area contributed by atoms with E-state index >= 15 is 0 Å². The minimum atomic E-state index is -4.57. The van der Waals surface area contributed by atoms with E-state index in [0.717, 1.165) is 6.07 Å². The molecule has 1 heterocycles. The van der Waals surface area contributed by atoms with Crippen molar-refractivity contribution in [3.05, 3.63) is 52.3 Å². The number of alkyl halides is 3. The Morgan fingerprint density at radius 3 is 2.68 bits per heavy atom. The highest BCUT2D eigenvalue weighted by atomic mass is 35.5. The van der Waals surface area contributed by atoms with E-state index in [-0.39, 0.29) is 27.8 Å². The summed E-state index contributed by atoms with van der Waals surface area (Å²) in [5.74, 6) is 0.156. The van der Waals surface area contributed by atoms with E-state index in [1.54, 1.807) is 6.92 Å². The van der Waals surface area contributed by atoms with Gasteiger partial charge in [-0.25, -0.2) is 0 Å². The summed E-state index contributed by atoms with van der Waals surface area (Å²) in [5.41, 5.74) is -0.590. The lowest BCUT2D eigenvalue weighted by molar-refractivity contribution is -0.137. The van der Waals surface area contributed by atoms with Crippen LogP contribution in [0.4, 0.5) is 13.2 Å². The van der Waals surface area contributed by atoms with Crippen LogP contribution in [0.1, 0.15) is 23.7 Å². The lowest BCUT2D eigenvalue weighted by Crippen LogP contribution is -2.06. The number of ether oxygens (including phenoxy) is 1. The number of nitrogens with zero attached hydrogens (tertiary/aromatic N) is 2. The highest BCUT2D eigenvalue weighted by Crippen LogP contribution is 2.33. The maximum Gasteiger partial charge on any atom is 0.417 e. The lowest BCUT2D eigenvalue weighted by Gasteiger charge is -2.09. The van der Waals surface area contributed by atoms with Crippen molar-refractivity contribution in [1.29, 1.82) is 5.26 Å². The summed E-state index contributed by atoms with van der Waals surface area (Å²) in [6.07, 6.45) is -2.56. The van der Waals surface area contributed by atoms with E-state index < -0.39 is 11.7 Å². The van der Waals surface area contributed by atoms with Crippen LogP contribution in [-0.2, 0) is 6.18 Å². The normalized spacial score (nSPS) is 11.9. The first-order chi connectivity index (χ1) is 11.8. The minimum absolute atomic E-state index is 0.0214. The van der Waals surface area contributed by atoms with Gasteiger partial charge in [0.15, 0.2) is 11.5 Å². The van der Waals surface area contributed by atoms with Gasteiger partial charge in [-0.3, -0.25) is 4.98 Å². The number of aromatic nitrogens is 1. The second-order valence-electron chi connectivity index (χ2n) is 4.88. The molecule has 0 aliphatic heterocycles. The van der Waals surface area contributed by atoms with Gasteiger partial charge >= 0.3 is 6.18 Å². The van der Waals surface area contributed by atoms with Crippen LogP contribution in [0.3, 0.4) is 0 Å². The molecule has 0 saturated heterocycles. The summed E-state index contributed by atoms with van der Waals surface area (Å²) in [7, 11) is 0. The first-order valence-electron chi connectivity index (χ1n) is 7.07. The molecule has 0 unspecified atom stereocenters. The molecular weight excluding hydrogens is 357 g/mol. The number of benzene rings is 1. The molecular formula is C17H12ClF3N2O2. The first-order valence-corrected chi connectivity index (χ1v) is 7.44. The molecule has 0 spiro atoms. The molecule has 4 nitrogen and oxygen atoms in total. The second-order valence-corrected chi connectivity index (χ2v) is 5.29. The monoisotopic (exact) mass is 368 g/mol. The maximum absolute atomic E-state index is 12.7. The van der Waals surface area contributed by atoms with Gasteiger partial charge in [-0.15, -0.1) is 0 Å². The van der Waals surface area contributed by atoms with Crippen LogP contribution in [0.15, 0.2) is 30.5 Å². The number of pyridine rings is 1. The van der Waals surface area contributed by atoms with Gasteiger partial charge in [-0.2, -0.15) is 18.4 Å². The predicted octanol–water partition coefficient (Wildman–Crippen LogP) is 4.92. The number of aromatic hydroxyl groups is 1. The molecule has 0 fully saturated rings. The molecule has 0 atom stereocenters. The van der Waals surface area contributed by atoms with Gasteiger partial charge in [-0.05, 0) is 36.8 Å². The van der Waals surface area contributed by atoms with Crippen LogP contribution in [0.2, 0.25) is 5.02 Å². The summed E-state index contributed by atoms with van der Waals surface area (Å²) >= 11 is 5.86. The molecule has 1 aromatic carbocycles. The van der Waals surface area contributed by atoms with E-state index in [9.17, 15) is 23.5 Å². The summed E-state index contributed by atoms with van der Waals surface area (Å²) in [6, 6.07) is 6.98. The Kier molecular flexibility index (Phi) is 5.55. The van der Waals surface area contributed by atoms with Crippen molar-refractivity contribution in [1.82, 2.24) is 4.98 Å². The zero-order valence-electron chi connectivity index (χ0n) is 12.9. The van der Waals surface area contributed by atoms with E-state index in [4.69, 9.17) is 16.3 Å². The van der Waals surface area contributed by atoms with E-state index in [1.807, 2.05) is 6.07 Å². The van der Waals surface area contributed by atoms with Crippen molar-refractivity contribution in [2.75, 3.05) is 6.61 Å². The largest absolute Gasteiger partial charge is 0.504 e. The number of nitriles is 1. The molecule has 130 valence electrons. The Labute approximate surface area is 146 Å². The van der Waals surface area contributed by atoms with Crippen molar-refractivity contribution < 1.29 is 23.0 Å². The van der Waals surface area contributed by atoms with Crippen LogP contribution < -0.4 is 4.74 Å². The van der Waals surface area contributed by atoms with Crippen molar-refractivity contribution in [2.24, 2.45) is 0 Å². The fourth-order valence-electron chi connectivity index (χ4n) is 2.00. The van der Waals surface area contributed by atoms with Gasteiger partial charge in [0.05, 0.1) is 28.5 Å². The molecule has 2 aromatic rings. The fraction of sp³-hybridized carbons (Fsp3) is 0.176. The number of hydrogen-bond acceptors (Lipinski definition) is 4. The standard InChI is InChI=1S/C17H12ClF3N2O2/c1-2-25-15-6-10(3-4-14(15)24)5-11(8-22)16-13(18)7-12(9-23-16)17(19,20)21/h3-7,9,24H,2H2,1H3/b11-5+. The lowest BCUT2D eigenvalue weighted by atomic mass is 10.1. The molecule has 0 aliphatic rings. The molecule has 0 amide bonds. The van der Waals surface area contributed by atoms with Crippen LogP contribution in [0.5, 0.6) is 11.5 Å². The zero-order chi connectivity index (χ0) is 18.6. The average Bonchev–Trinajstić information content (AvgIpc) is 2.55.